The zero-order chi connectivity index (χ0) is 12.5. The second-order valence-electron chi connectivity index (χ2n) is 4.48. The number of carbonyl (C=O) groups is 1. The molecule has 0 saturated heterocycles. The van der Waals surface area contributed by atoms with Crippen molar-refractivity contribution < 1.29 is 15.0 Å². The summed E-state index contributed by atoms with van der Waals surface area (Å²) < 4.78 is 0.883. The first-order chi connectivity index (χ1) is 7.25. The first-order valence-corrected chi connectivity index (χ1v) is 5.73. The molecule has 0 saturated carbocycles. The molecule has 0 amide bonds. The zero-order valence-electron chi connectivity index (χ0n) is 9.49. The minimum absolute atomic E-state index is 0.800. The molecular weight excluding hydrogens is 272 g/mol. The normalized spacial score (nSPS) is 13.6. The summed E-state index contributed by atoms with van der Waals surface area (Å²) in [6, 6.07) is 5.66. The van der Waals surface area contributed by atoms with Gasteiger partial charge in [0, 0.05) is 9.89 Å². The molecule has 2 N–H and O–H groups in total. The highest BCUT2D eigenvalue weighted by atomic mass is 79.9. The van der Waals surface area contributed by atoms with Crippen LogP contribution in [-0.4, -0.2) is 22.3 Å². The minimum atomic E-state index is -1.42. The predicted octanol–water partition coefficient (Wildman–Crippen LogP) is 2.48. The SMILES string of the molecule is Cc1cc(Br)cc(C(C)(C)C(O)C(=O)O)c1. The Balaban J connectivity index is 3.20. The van der Waals surface area contributed by atoms with Gasteiger partial charge < -0.3 is 10.2 Å². The Hall–Kier alpha value is -0.870. The minimum Gasteiger partial charge on any atom is -0.479 e. The van der Waals surface area contributed by atoms with Crippen LogP contribution in [-0.2, 0) is 10.2 Å². The number of hydrogen-bond acceptors (Lipinski definition) is 2. The maximum absolute atomic E-state index is 10.8. The van der Waals surface area contributed by atoms with Gasteiger partial charge in [0.2, 0.25) is 0 Å². The molecule has 1 rings (SSSR count). The van der Waals surface area contributed by atoms with Gasteiger partial charge in [-0.2, -0.15) is 0 Å². The van der Waals surface area contributed by atoms with Crippen molar-refractivity contribution in [3.05, 3.63) is 33.8 Å². The molecule has 0 spiro atoms. The molecule has 0 aromatic heterocycles. The summed E-state index contributed by atoms with van der Waals surface area (Å²) in [6.07, 6.45) is -1.42. The lowest BCUT2D eigenvalue weighted by molar-refractivity contribution is -0.150. The van der Waals surface area contributed by atoms with Crippen molar-refractivity contribution in [3.63, 3.8) is 0 Å². The van der Waals surface area contributed by atoms with E-state index < -0.39 is 17.5 Å². The van der Waals surface area contributed by atoms with E-state index in [1.807, 2.05) is 25.1 Å². The molecule has 0 fully saturated rings. The Labute approximate surface area is 103 Å². The van der Waals surface area contributed by atoms with Crippen molar-refractivity contribution in [2.24, 2.45) is 0 Å². The Morgan fingerprint density at radius 2 is 1.94 bits per heavy atom. The van der Waals surface area contributed by atoms with Crippen LogP contribution < -0.4 is 0 Å². The third-order valence-electron chi connectivity index (χ3n) is 2.70. The van der Waals surface area contributed by atoms with Crippen LogP contribution in [0.2, 0.25) is 0 Å². The number of hydrogen-bond donors (Lipinski definition) is 2. The molecule has 1 unspecified atom stereocenters. The maximum Gasteiger partial charge on any atom is 0.333 e. The molecule has 16 heavy (non-hydrogen) atoms. The summed E-state index contributed by atoms with van der Waals surface area (Å²) in [5.74, 6) is -1.21. The number of aliphatic carboxylic acids is 1. The highest BCUT2D eigenvalue weighted by Gasteiger charge is 2.35. The fourth-order valence-electron chi connectivity index (χ4n) is 1.57. The number of rotatable bonds is 3. The summed E-state index contributed by atoms with van der Waals surface area (Å²) in [4.78, 5) is 10.8. The fourth-order valence-corrected chi connectivity index (χ4v) is 2.18. The monoisotopic (exact) mass is 286 g/mol. The van der Waals surface area contributed by atoms with Gasteiger partial charge in [-0.25, -0.2) is 4.79 Å². The lowest BCUT2D eigenvalue weighted by Gasteiger charge is -2.28. The van der Waals surface area contributed by atoms with Crippen molar-refractivity contribution in [1.29, 1.82) is 0 Å². The highest BCUT2D eigenvalue weighted by molar-refractivity contribution is 9.10. The van der Waals surface area contributed by atoms with E-state index in [0.717, 1.165) is 15.6 Å². The molecule has 3 nitrogen and oxygen atoms in total. The van der Waals surface area contributed by atoms with E-state index in [9.17, 15) is 9.90 Å². The molecule has 0 bridgehead atoms. The third-order valence-corrected chi connectivity index (χ3v) is 3.16. The summed E-state index contributed by atoms with van der Waals surface area (Å²) in [6.45, 7) is 5.36. The topological polar surface area (TPSA) is 57.5 Å². The number of aryl methyl sites for hydroxylation is 1. The summed E-state index contributed by atoms with van der Waals surface area (Å²) in [5.41, 5.74) is 1.00. The van der Waals surface area contributed by atoms with Crippen LogP contribution in [0.5, 0.6) is 0 Å². The number of aliphatic hydroxyl groups is 1. The van der Waals surface area contributed by atoms with Crippen molar-refractivity contribution in [3.8, 4) is 0 Å². The first-order valence-electron chi connectivity index (χ1n) is 4.93. The summed E-state index contributed by atoms with van der Waals surface area (Å²) >= 11 is 3.36. The lowest BCUT2D eigenvalue weighted by atomic mass is 9.79. The van der Waals surface area contributed by atoms with Crippen molar-refractivity contribution in [2.75, 3.05) is 0 Å². The Kier molecular flexibility index (Phi) is 3.76. The zero-order valence-corrected chi connectivity index (χ0v) is 11.1. The molecule has 88 valence electrons. The number of halogens is 1. The second-order valence-corrected chi connectivity index (χ2v) is 5.40. The average molecular weight is 287 g/mol. The van der Waals surface area contributed by atoms with E-state index in [2.05, 4.69) is 15.9 Å². The second kappa shape index (κ2) is 4.55. The van der Waals surface area contributed by atoms with E-state index in [1.54, 1.807) is 13.8 Å². The maximum atomic E-state index is 10.8. The Bertz CT molecular complexity index is 392. The van der Waals surface area contributed by atoms with Crippen LogP contribution in [0.1, 0.15) is 25.0 Å². The van der Waals surface area contributed by atoms with Gasteiger partial charge in [0.05, 0.1) is 0 Å². The van der Waals surface area contributed by atoms with Crippen LogP contribution in [0.4, 0.5) is 0 Å². The standard InChI is InChI=1S/C12H15BrO3/c1-7-4-8(6-9(13)5-7)12(2,3)10(14)11(15)16/h4-6,10,14H,1-3H3,(H,15,16). The lowest BCUT2D eigenvalue weighted by Crippen LogP contribution is -2.39. The molecule has 1 aromatic rings. The number of carboxylic acid groups (broad SMARTS) is 1. The molecule has 0 aliphatic heterocycles. The van der Waals surface area contributed by atoms with Gasteiger partial charge in [0.15, 0.2) is 6.10 Å². The molecule has 1 atom stereocenters. The van der Waals surface area contributed by atoms with Gasteiger partial charge in [0.1, 0.15) is 0 Å². The molecule has 4 heteroatoms. The van der Waals surface area contributed by atoms with Gasteiger partial charge in [-0.1, -0.05) is 35.8 Å². The van der Waals surface area contributed by atoms with E-state index in [-0.39, 0.29) is 0 Å². The number of carboxylic acids is 1. The van der Waals surface area contributed by atoms with E-state index in [4.69, 9.17) is 5.11 Å². The van der Waals surface area contributed by atoms with Crippen molar-refractivity contribution in [1.82, 2.24) is 0 Å². The van der Waals surface area contributed by atoms with Crippen LogP contribution in [0, 0.1) is 6.92 Å². The first kappa shape index (κ1) is 13.2. The summed E-state index contributed by atoms with van der Waals surface area (Å²) in [5, 5.41) is 18.5. The predicted molar refractivity (Wildman–Crippen MR) is 65.5 cm³/mol. The van der Waals surface area contributed by atoms with Crippen molar-refractivity contribution >= 4 is 21.9 Å². The summed E-state index contributed by atoms with van der Waals surface area (Å²) in [7, 11) is 0. The quantitative estimate of drug-likeness (QED) is 0.898. The van der Waals surface area contributed by atoms with Crippen LogP contribution >= 0.6 is 15.9 Å². The molecule has 0 heterocycles. The smallest absolute Gasteiger partial charge is 0.333 e. The third kappa shape index (κ3) is 2.62. The molecule has 0 aliphatic carbocycles. The molecule has 1 aromatic carbocycles. The van der Waals surface area contributed by atoms with Gasteiger partial charge in [0.25, 0.3) is 0 Å². The fraction of sp³-hybridized carbons (Fsp3) is 0.417. The van der Waals surface area contributed by atoms with E-state index in [0.29, 0.717) is 0 Å². The number of aliphatic hydroxyl groups excluding tert-OH is 1. The van der Waals surface area contributed by atoms with Crippen LogP contribution in [0.3, 0.4) is 0 Å². The Morgan fingerprint density at radius 1 is 1.38 bits per heavy atom. The van der Waals surface area contributed by atoms with E-state index >= 15 is 0 Å². The highest BCUT2D eigenvalue weighted by Crippen LogP contribution is 2.30. The molecule has 0 radical (unpaired) electrons. The van der Waals surface area contributed by atoms with Gasteiger partial charge in [-0.3, -0.25) is 0 Å². The largest absolute Gasteiger partial charge is 0.479 e. The molecular formula is C12H15BrO3. The average Bonchev–Trinajstić information content (AvgIpc) is 2.14. The van der Waals surface area contributed by atoms with Gasteiger partial charge in [-0.15, -0.1) is 0 Å². The molecule has 0 aliphatic rings. The van der Waals surface area contributed by atoms with Gasteiger partial charge >= 0.3 is 5.97 Å². The Morgan fingerprint density at radius 3 is 2.38 bits per heavy atom. The van der Waals surface area contributed by atoms with E-state index in [1.165, 1.54) is 0 Å². The van der Waals surface area contributed by atoms with Crippen molar-refractivity contribution in [2.45, 2.75) is 32.3 Å². The van der Waals surface area contributed by atoms with Crippen LogP contribution in [0.25, 0.3) is 0 Å². The van der Waals surface area contributed by atoms with Crippen LogP contribution in [0.15, 0.2) is 22.7 Å². The number of benzene rings is 1. The van der Waals surface area contributed by atoms with Gasteiger partial charge in [-0.05, 0) is 30.2 Å².